The van der Waals surface area contributed by atoms with E-state index in [4.69, 9.17) is 4.42 Å². The second-order valence-electron chi connectivity index (χ2n) is 5.95. The molecule has 138 valence electrons. The number of carbonyl (C=O) groups is 1. The summed E-state index contributed by atoms with van der Waals surface area (Å²) >= 11 is 0. The molecule has 2 amide bonds. The Morgan fingerprint density at radius 2 is 2.12 bits per heavy atom. The average molecular weight is 366 g/mol. The predicted octanol–water partition coefficient (Wildman–Crippen LogP) is 4.42. The van der Waals surface area contributed by atoms with E-state index in [1.165, 1.54) is 11.1 Å². The van der Waals surface area contributed by atoms with Crippen LogP contribution in [0.2, 0.25) is 0 Å². The van der Waals surface area contributed by atoms with E-state index >= 15 is 0 Å². The molecule has 0 aliphatic heterocycles. The molecular formula is C17H17F3N4O2. The normalized spacial score (nSPS) is 13.0. The molecule has 3 aromatic rings. The van der Waals surface area contributed by atoms with Gasteiger partial charge in [0.2, 0.25) is 0 Å². The van der Waals surface area contributed by atoms with E-state index in [1.807, 2.05) is 30.3 Å². The van der Waals surface area contributed by atoms with Crippen molar-refractivity contribution in [3.05, 3.63) is 48.5 Å². The van der Waals surface area contributed by atoms with Crippen molar-refractivity contribution in [1.29, 1.82) is 0 Å². The number of alkyl halides is 3. The summed E-state index contributed by atoms with van der Waals surface area (Å²) in [4.78, 5) is 13.8. The Labute approximate surface area is 147 Å². The number of amides is 2. The van der Waals surface area contributed by atoms with Gasteiger partial charge in [-0.1, -0.05) is 18.2 Å². The Kier molecular flexibility index (Phi) is 4.62. The summed E-state index contributed by atoms with van der Waals surface area (Å²) in [7, 11) is 1.58. The summed E-state index contributed by atoms with van der Waals surface area (Å²) < 4.78 is 43.5. The molecule has 26 heavy (non-hydrogen) atoms. The summed E-state index contributed by atoms with van der Waals surface area (Å²) in [6.07, 6.45) is -2.08. The fourth-order valence-electron chi connectivity index (χ4n) is 2.48. The summed E-state index contributed by atoms with van der Waals surface area (Å²) in [6.45, 7) is 0.582. The number of hydrogen-bond acceptors (Lipinski definition) is 3. The molecule has 0 bridgehead atoms. The number of benzene rings is 1. The van der Waals surface area contributed by atoms with Gasteiger partial charge in [-0.15, -0.1) is 0 Å². The lowest BCUT2D eigenvalue weighted by molar-refractivity contribution is -0.142. The van der Waals surface area contributed by atoms with Gasteiger partial charge in [-0.2, -0.15) is 18.3 Å². The van der Waals surface area contributed by atoms with Crippen LogP contribution in [0.1, 0.15) is 18.7 Å². The number of anilines is 1. The molecule has 2 aromatic heterocycles. The van der Waals surface area contributed by atoms with Crippen LogP contribution in [0.15, 0.2) is 47.1 Å². The first-order valence-corrected chi connectivity index (χ1v) is 7.84. The zero-order valence-corrected chi connectivity index (χ0v) is 14.1. The van der Waals surface area contributed by atoms with Crippen LogP contribution in [0.3, 0.4) is 0 Å². The van der Waals surface area contributed by atoms with Crippen molar-refractivity contribution in [2.24, 2.45) is 0 Å². The van der Waals surface area contributed by atoms with Crippen LogP contribution in [0.25, 0.3) is 11.0 Å². The molecule has 0 spiro atoms. The molecule has 1 unspecified atom stereocenters. The maximum Gasteiger partial charge on any atom is 0.408 e. The molecule has 0 radical (unpaired) electrons. The van der Waals surface area contributed by atoms with Gasteiger partial charge in [0.15, 0.2) is 0 Å². The lowest BCUT2D eigenvalue weighted by Crippen LogP contribution is -2.33. The van der Waals surface area contributed by atoms with Gasteiger partial charge in [-0.25, -0.2) is 4.79 Å². The number of nitrogens with zero attached hydrogens (tertiary/aromatic N) is 3. The number of fused-ring (bicyclic) bond motifs is 1. The van der Waals surface area contributed by atoms with E-state index in [2.05, 4.69) is 10.4 Å². The van der Waals surface area contributed by atoms with Crippen LogP contribution in [0, 0.1) is 0 Å². The number of hydrogen-bond donors (Lipinski definition) is 1. The molecular weight excluding hydrogens is 349 g/mol. The van der Waals surface area contributed by atoms with E-state index in [9.17, 15) is 18.0 Å². The van der Waals surface area contributed by atoms with E-state index < -0.39 is 18.8 Å². The highest BCUT2D eigenvalue weighted by molar-refractivity contribution is 5.89. The molecule has 1 atom stereocenters. The highest BCUT2D eigenvalue weighted by Gasteiger charge is 2.28. The Balaban J connectivity index is 1.67. The number of urea groups is 1. The average Bonchev–Trinajstić information content (AvgIpc) is 3.18. The van der Waals surface area contributed by atoms with Gasteiger partial charge in [0.25, 0.3) is 0 Å². The zero-order valence-electron chi connectivity index (χ0n) is 14.1. The molecule has 1 aromatic carbocycles. The fraction of sp³-hybridized carbons (Fsp3) is 0.294. The monoisotopic (exact) mass is 366 g/mol. The standard InChI is InChI=1S/C17H17F3N4O2/c1-11(15-7-12-5-3-4-6-14(12)26-15)23(2)16(25)22-13-8-21-24(9-13)10-17(18,19)20/h3-9,11H,10H2,1-2H3,(H,22,25). The second-order valence-corrected chi connectivity index (χ2v) is 5.95. The Bertz CT molecular complexity index is 883. The van der Waals surface area contributed by atoms with Crippen LogP contribution in [-0.4, -0.2) is 33.9 Å². The van der Waals surface area contributed by atoms with Crippen LogP contribution in [0.5, 0.6) is 0 Å². The summed E-state index contributed by atoms with van der Waals surface area (Å²) in [5, 5.41) is 7.04. The molecule has 0 saturated carbocycles. The van der Waals surface area contributed by atoms with Crippen LogP contribution < -0.4 is 5.32 Å². The number of halogens is 3. The highest BCUT2D eigenvalue weighted by Crippen LogP contribution is 2.27. The van der Waals surface area contributed by atoms with E-state index in [0.717, 1.165) is 21.8 Å². The maximum atomic E-state index is 12.4. The number of furan rings is 1. The van der Waals surface area contributed by atoms with E-state index in [-0.39, 0.29) is 11.7 Å². The molecule has 3 rings (SSSR count). The first kappa shape index (κ1) is 17.8. The van der Waals surface area contributed by atoms with Crippen LogP contribution >= 0.6 is 0 Å². The zero-order chi connectivity index (χ0) is 18.9. The second kappa shape index (κ2) is 6.74. The quantitative estimate of drug-likeness (QED) is 0.744. The van der Waals surface area contributed by atoms with Crippen molar-refractivity contribution in [2.75, 3.05) is 12.4 Å². The predicted molar refractivity (Wildman–Crippen MR) is 89.7 cm³/mol. The number of aromatic nitrogens is 2. The van der Waals surface area contributed by atoms with E-state index in [0.29, 0.717) is 5.76 Å². The van der Waals surface area contributed by atoms with Gasteiger partial charge >= 0.3 is 12.2 Å². The highest BCUT2D eigenvalue weighted by atomic mass is 19.4. The minimum atomic E-state index is -4.38. The Hall–Kier alpha value is -2.97. The molecule has 0 fully saturated rings. The molecule has 0 saturated heterocycles. The molecule has 1 N–H and O–H groups in total. The molecule has 0 aliphatic carbocycles. The third-order valence-corrected chi connectivity index (χ3v) is 3.98. The van der Waals surface area contributed by atoms with Crippen molar-refractivity contribution in [1.82, 2.24) is 14.7 Å². The first-order valence-electron chi connectivity index (χ1n) is 7.84. The first-order chi connectivity index (χ1) is 12.2. The van der Waals surface area contributed by atoms with Crippen molar-refractivity contribution < 1.29 is 22.4 Å². The maximum absolute atomic E-state index is 12.4. The Morgan fingerprint density at radius 1 is 1.38 bits per heavy atom. The topological polar surface area (TPSA) is 63.3 Å². The van der Waals surface area contributed by atoms with Gasteiger partial charge in [-0.3, -0.25) is 4.68 Å². The molecule has 0 aliphatic rings. The van der Waals surface area contributed by atoms with Gasteiger partial charge in [0.1, 0.15) is 17.9 Å². The van der Waals surface area contributed by atoms with Gasteiger partial charge in [-0.05, 0) is 19.1 Å². The van der Waals surface area contributed by atoms with E-state index in [1.54, 1.807) is 14.0 Å². The van der Waals surface area contributed by atoms with Crippen LogP contribution in [-0.2, 0) is 6.54 Å². The number of carbonyl (C=O) groups excluding carboxylic acids is 1. The SMILES string of the molecule is CC(c1cc2ccccc2o1)N(C)C(=O)Nc1cnn(CC(F)(F)F)c1. The largest absolute Gasteiger partial charge is 0.459 e. The molecule has 2 heterocycles. The molecule has 6 nitrogen and oxygen atoms in total. The molecule has 9 heteroatoms. The lowest BCUT2D eigenvalue weighted by atomic mass is 10.2. The Morgan fingerprint density at radius 3 is 2.81 bits per heavy atom. The van der Waals surface area contributed by atoms with Gasteiger partial charge in [0, 0.05) is 18.6 Å². The van der Waals surface area contributed by atoms with Crippen molar-refractivity contribution in [3.8, 4) is 0 Å². The number of rotatable bonds is 4. The van der Waals surface area contributed by atoms with Gasteiger partial charge in [0.05, 0.1) is 17.9 Å². The third kappa shape index (κ3) is 3.98. The van der Waals surface area contributed by atoms with Crippen molar-refractivity contribution >= 4 is 22.7 Å². The summed E-state index contributed by atoms with van der Waals surface area (Å²) in [6, 6.07) is 8.49. The minimum Gasteiger partial charge on any atom is -0.459 e. The summed E-state index contributed by atoms with van der Waals surface area (Å²) in [5.41, 5.74) is 0.902. The van der Waals surface area contributed by atoms with Crippen molar-refractivity contribution in [2.45, 2.75) is 25.7 Å². The van der Waals surface area contributed by atoms with Gasteiger partial charge < -0.3 is 14.6 Å². The smallest absolute Gasteiger partial charge is 0.408 e. The number of para-hydroxylation sites is 1. The third-order valence-electron chi connectivity index (χ3n) is 3.98. The van der Waals surface area contributed by atoms with Crippen molar-refractivity contribution in [3.63, 3.8) is 0 Å². The fourth-order valence-corrected chi connectivity index (χ4v) is 2.48. The number of nitrogens with one attached hydrogen (secondary N) is 1. The lowest BCUT2D eigenvalue weighted by Gasteiger charge is -2.23. The van der Waals surface area contributed by atoms with Crippen LogP contribution in [0.4, 0.5) is 23.7 Å². The summed E-state index contributed by atoms with van der Waals surface area (Å²) in [5.74, 6) is 0.608. The minimum absolute atomic E-state index is 0.183.